The summed E-state index contributed by atoms with van der Waals surface area (Å²) < 4.78 is 0. The van der Waals surface area contributed by atoms with Crippen molar-refractivity contribution in [3.05, 3.63) is 34.9 Å². The molecule has 0 radical (unpaired) electrons. The number of nitrogens with zero attached hydrogens (tertiary/aromatic N) is 1. The maximum atomic E-state index is 12.6. The van der Waals surface area contributed by atoms with Crippen LogP contribution in [0.5, 0.6) is 0 Å². The van der Waals surface area contributed by atoms with E-state index >= 15 is 0 Å². The van der Waals surface area contributed by atoms with E-state index in [1.165, 1.54) is 12.8 Å². The van der Waals surface area contributed by atoms with Crippen LogP contribution in [-0.4, -0.2) is 35.0 Å². The SMILES string of the molecule is O=C(O)[C@@H]1CN(C(=O)C2CC23CC3)C[C@H]1c1ccc(Cl)cc1. The maximum absolute atomic E-state index is 12.6. The van der Waals surface area contributed by atoms with Gasteiger partial charge in [0.2, 0.25) is 5.91 Å². The monoisotopic (exact) mass is 319 g/mol. The number of carboxylic acids is 1. The Morgan fingerprint density at radius 2 is 1.86 bits per heavy atom. The summed E-state index contributed by atoms with van der Waals surface area (Å²) in [5, 5.41) is 10.1. The fourth-order valence-corrected chi connectivity index (χ4v) is 4.04. The average molecular weight is 320 g/mol. The molecule has 1 heterocycles. The zero-order valence-electron chi connectivity index (χ0n) is 12.2. The van der Waals surface area contributed by atoms with Crippen molar-refractivity contribution in [2.45, 2.75) is 25.2 Å². The summed E-state index contributed by atoms with van der Waals surface area (Å²) in [5.41, 5.74) is 1.26. The van der Waals surface area contributed by atoms with Gasteiger partial charge in [-0.2, -0.15) is 0 Å². The van der Waals surface area contributed by atoms with Crippen LogP contribution in [0, 0.1) is 17.3 Å². The standard InChI is InChI=1S/C17H18ClNO3/c18-11-3-1-10(2-4-11)12-8-19(9-13(12)16(21)22)15(20)14-7-17(14)5-6-17/h1-4,12-14H,5-9H2,(H,21,22)/t12-,13+,14?/m0/s1. The Bertz CT molecular complexity index is 638. The van der Waals surface area contributed by atoms with Gasteiger partial charge in [-0.25, -0.2) is 0 Å². The van der Waals surface area contributed by atoms with Gasteiger partial charge in [0.1, 0.15) is 0 Å². The van der Waals surface area contributed by atoms with Crippen molar-refractivity contribution in [2.24, 2.45) is 17.3 Å². The van der Waals surface area contributed by atoms with Gasteiger partial charge >= 0.3 is 5.97 Å². The molecule has 1 amide bonds. The first-order valence-electron chi connectivity index (χ1n) is 7.77. The molecule has 1 N–H and O–H groups in total. The van der Waals surface area contributed by atoms with Gasteiger partial charge in [0.25, 0.3) is 0 Å². The zero-order chi connectivity index (χ0) is 15.5. The maximum Gasteiger partial charge on any atom is 0.308 e. The second kappa shape index (κ2) is 4.72. The molecule has 1 aliphatic heterocycles. The molecule has 1 unspecified atom stereocenters. The van der Waals surface area contributed by atoms with E-state index in [1.54, 1.807) is 17.0 Å². The number of hydrogen-bond donors (Lipinski definition) is 1. The van der Waals surface area contributed by atoms with Crippen molar-refractivity contribution in [3.8, 4) is 0 Å². The molecule has 3 aliphatic rings. The van der Waals surface area contributed by atoms with Gasteiger partial charge < -0.3 is 10.0 Å². The zero-order valence-corrected chi connectivity index (χ0v) is 12.9. The lowest BCUT2D eigenvalue weighted by Crippen LogP contribution is -2.31. The van der Waals surface area contributed by atoms with Gasteiger partial charge in [0, 0.05) is 29.9 Å². The molecule has 116 valence electrons. The molecule has 0 aromatic heterocycles. The van der Waals surface area contributed by atoms with Gasteiger partial charge in [0.05, 0.1) is 5.92 Å². The minimum absolute atomic E-state index is 0.146. The average Bonchev–Trinajstić information content (AvgIpc) is 3.38. The molecule has 0 bridgehead atoms. The normalized spacial score (nSPS) is 31.3. The fourth-order valence-electron chi connectivity index (χ4n) is 3.91. The van der Waals surface area contributed by atoms with Crippen LogP contribution in [0.3, 0.4) is 0 Å². The van der Waals surface area contributed by atoms with E-state index in [2.05, 4.69) is 0 Å². The molecule has 1 saturated heterocycles. The summed E-state index contributed by atoms with van der Waals surface area (Å²) >= 11 is 5.90. The number of hydrogen-bond acceptors (Lipinski definition) is 2. The van der Waals surface area contributed by atoms with Crippen molar-refractivity contribution in [1.29, 1.82) is 0 Å². The van der Waals surface area contributed by atoms with Crippen molar-refractivity contribution >= 4 is 23.5 Å². The van der Waals surface area contributed by atoms with Crippen LogP contribution >= 0.6 is 11.6 Å². The Morgan fingerprint density at radius 3 is 2.41 bits per heavy atom. The number of aliphatic carboxylic acids is 1. The van der Waals surface area contributed by atoms with E-state index in [0.717, 1.165) is 12.0 Å². The molecule has 5 heteroatoms. The van der Waals surface area contributed by atoms with Crippen molar-refractivity contribution in [3.63, 3.8) is 0 Å². The van der Waals surface area contributed by atoms with E-state index in [4.69, 9.17) is 11.6 Å². The van der Waals surface area contributed by atoms with Crippen LogP contribution < -0.4 is 0 Å². The highest BCUT2D eigenvalue weighted by atomic mass is 35.5. The van der Waals surface area contributed by atoms with E-state index < -0.39 is 11.9 Å². The van der Waals surface area contributed by atoms with Crippen molar-refractivity contribution < 1.29 is 14.7 Å². The highest BCUT2D eigenvalue weighted by Crippen LogP contribution is 2.71. The Kier molecular flexibility index (Phi) is 3.02. The summed E-state index contributed by atoms with van der Waals surface area (Å²) in [5.74, 6) is -1.18. The number of benzene rings is 1. The number of carbonyl (C=O) groups excluding carboxylic acids is 1. The molecular formula is C17H18ClNO3. The van der Waals surface area contributed by atoms with Crippen molar-refractivity contribution in [2.75, 3.05) is 13.1 Å². The summed E-state index contributed by atoms with van der Waals surface area (Å²) in [6.07, 6.45) is 3.34. The Labute approximate surface area is 134 Å². The van der Waals surface area contributed by atoms with Crippen LogP contribution in [0.4, 0.5) is 0 Å². The van der Waals surface area contributed by atoms with Crippen molar-refractivity contribution in [1.82, 2.24) is 4.90 Å². The number of carbonyl (C=O) groups is 2. The number of likely N-dealkylation sites (tertiary alicyclic amines) is 1. The van der Waals surface area contributed by atoms with E-state index in [1.807, 2.05) is 12.1 Å². The number of amides is 1. The molecule has 3 atom stereocenters. The van der Waals surface area contributed by atoms with Gasteiger partial charge in [-0.1, -0.05) is 23.7 Å². The molecule has 1 aromatic carbocycles. The molecule has 1 aromatic rings. The number of carboxylic acid groups (broad SMARTS) is 1. The van der Waals surface area contributed by atoms with Crippen LogP contribution in [-0.2, 0) is 9.59 Å². The lowest BCUT2D eigenvalue weighted by molar-refractivity contribution is -0.142. The second-order valence-electron chi connectivity index (χ2n) is 6.97. The Morgan fingerprint density at radius 1 is 1.18 bits per heavy atom. The molecule has 1 spiro atoms. The van der Waals surface area contributed by atoms with Gasteiger partial charge in [-0.3, -0.25) is 9.59 Å². The summed E-state index contributed by atoms with van der Waals surface area (Å²) in [6, 6.07) is 7.30. The summed E-state index contributed by atoms with van der Waals surface area (Å²) in [6.45, 7) is 0.831. The highest BCUT2D eigenvalue weighted by Gasteiger charge is 2.66. The first-order chi connectivity index (χ1) is 10.5. The predicted octanol–water partition coefficient (Wildman–Crippen LogP) is 2.77. The minimum atomic E-state index is -0.827. The first kappa shape index (κ1) is 14.1. The minimum Gasteiger partial charge on any atom is -0.481 e. The Balaban J connectivity index is 1.54. The van der Waals surface area contributed by atoms with Crippen LogP contribution in [0.2, 0.25) is 5.02 Å². The molecule has 4 nitrogen and oxygen atoms in total. The largest absolute Gasteiger partial charge is 0.481 e. The van der Waals surface area contributed by atoms with Gasteiger partial charge in [-0.15, -0.1) is 0 Å². The lowest BCUT2D eigenvalue weighted by Gasteiger charge is -2.16. The molecule has 22 heavy (non-hydrogen) atoms. The van der Waals surface area contributed by atoms with E-state index in [-0.39, 0.29) is 17.7 Å². The highest BCUT2D eigenvalue weighted by molar-refractivity contribution is 6.30. The van der Waals surface area contributed by atoms with Crippen LogP contribution in [0.15, 0.2) is 24.3 Å². The third-order valence-corrected chi connectivity index (χ3v) is 5.88. The van der Waals surface area contributed by atoms with E-state index in [0.29, 0.717) is 23.5 Å². The molecule has 4 rings (SSSR count). The van der Waals surface area contributed by atoms with Crippen LogP contribution in [0.1, 0.15) is 30.7 Å². The molecular weight excluding hydrogens is 302 g/mol. The Hall–Kier alpha value is -1.55. The number of halogens is 1. The lowest BCUT2D eigenvalue weighted by atomic mass is 9.89. The second-order valence-corrected chi connectivity index (χ2v) is 7.40. The molecule has 2 saturated carbocycles. The topological polar surface area (TPSA) is 57.6 Å². The van der Waals surface area contributed by atoms with E-state index in [9.17, 15) is 14.7 Å². The van der Waals surface area contributed by atoms with Crippen LogP contribution in [0.25, 0.3) is 0 Å². The predicted molar refractivity (Wildman–Crippen MR) is 81.7 cm³/mol. The van der Waals surface area contributed by atoms with Gasteiger partial charge in [-0.05, 0) is 42.4 Å². The third-order valence-electron chi connectivity index (χ3n) is 5.63. The first-order valence-corrected chi connectivity index (χ1v) is 8.15. The van der Waals surface area contributed by atoms with Gasteiger partial charge in [0.15, 0.2) is 0 Å². The smallest absolute Gasteiger partial charge is 0.308 e. The quantitative estimate of drug-likeness (QED) is 0.932. The fraction of sp³-hybridized carbons (Fsp3) is 0.529. The molecule has 3 fully saturated rings. The summed E-state index contributed by atoms with van der Waals surface area (Å²) in [4.78, 5) is 25.9. The summed E-state index contributed by atoms with van der Waals surface area (Å²) in [7, 11) is 0. The number of rotatable bonds is 3. The third kappa shape index (κ3) is 2.21. The molecule has 2 aliphatic carbocycles.